The van der Waals surface area contributed by atoms with Gasteiger partial charge in [-0.3, -0.25) is 4.79 Å². The molecule has 8 heteroatoms. The molecule has 0 aliphatic carbocycles. The standard InChI is InChI=1S/C17H21N3O3S2/c1-11-6-8-24-16(11)15(21)13-5-4-7-20(10-13)17-14(25(3,22)23)9-18-12(2)19-17/h6,8-9,13H,4-5,7,10H2,1-3H3. The highest BCUT2D eigenvalue weighted by Crippen LogP contribution is 2.30. The Morgan fingerprint density at radius 3 is 2.76 bits per heavy atom. The predicted molar refractivity (Wildman–Crippen MR) is 98.2 cm³/mol. The number of nitrogens with zero attached hydrogens (tertiary/aromatic N) is 3. The topological polar surface area (TPSA) is 80.2 Å². The molecule has 0 aromatic carbocycles. The number of piperidine rings is 1. The van der Waals surface area contributed by atoms with Crippen LogP contribution in [-0.2, 0) is 9.84 Å². The van der Waals surface area contributed by atoms with Gasteiger partial charge >= 0.3 is 0 Å². The molecule has 6 nitrogen and oxygen atoms in total. The molecule has 1 aliphatic heterocycles. The minimum Gasteiger partial charge on any atom is -0.355 e. The van der Waals surface area contributed by atoms with Crippen LogP contribution in [0.25, 0.3) is 0 Å². The molecule has 1 fully saturated rings. The average Bonchev–Trinajstić information content (AvgIpc) is 2.99. The molecule has 134 valence electrons. The molecule has 1 atom stereocenters. The van der Waals surface area contributed by atoms with E-state index in [2.05, 4.69) is 9.97 Å². The van der Waals surface area contributed by atoms with Gasteiger partial charge in [0.15, 0.2) is 21.4 Å². The molecule has 3 heterocycles. The summed E-state index contributed by atoms with van der Waals surface area (Å²) in [6.07, 6.45) is 4.16. The highest BCUT2D eigenvalue weighted by molar-refractivity contribution is 7.90. The third-order valence-electron chi connectivity index (χ3n) is 4.43. The maximum Gasteiger partial charge on any atom is 0.180 e. The minimum absolute atomic E-state index is 0.124. The second-order valence-corrected chi connectivity index (χ2v) is 9.36. The van der Waals surface area contributed by atoms with Crippen molar-refractivity contribution in [1.29, 1.82) is 0 Å². The van der Waals surface area contributed by atoms with Crippen molar-refractivity contribution < 1.29 is 13.2 Å². The van der Waals surface area contributed by atoms with Gasteiger partial charge in [0, 0.05) is 25.3 Å². The van der Waals surface area contributed by atoms with Gasteiger partial charge in [0.25, 0.3) is 0 Å². The fourth-order valence-corrected chi connectivity index (χ4v) is 4.82. The van der Waals surface area contributed by atoms with Crippen LogP contribution in [0, 0.1) is 19.8 Å². The first-order valence-corrected chi connectivity index (χ1v) is 10.9. The van der Waals surface area contributed by atoms with Gasteiger partial charge < -0.3 is 4.90 Å². The molecule has 1 aliphatic rings. The van der Waals surface area contributed by atoms with E-state index in [0.717, 1.165) is 29.5 Å². The number of Topliss-reactive ketones (excluding diaryl/α,β-unsaturated/α-hetero) is 1. The highest BCUT2D eigenvalue weighted by Gasteiger charge is 2.31. The van der Waals surface area contributed by atoms with Crippen LogP contribution in [0.1, 0.15) is 33.9 Å². The minimum atomic E-state index is -3.44. The first-order chi connectivity index (χ1) is 11.8. The summed E-state index contributed by atoms with van der Waals surface area (Å²) in [5, 5.41) is 1.93. The van der Waals surface area contributed by atoms with Gasteiger partial charge in [0.2, 0.25) is 0 Å². The Bertz CT molecular complexity index is 906. The van der Waals surface area contributed by atoms with Crippen LogP contribution < -0.4 is 4.90 Å². The lowest BCUT2D eigenvalue weighted by Gasteiger charge is -2.33. The van der Waals surface area contributed by atoms with E-state index in [9.17, 15) is 13.2 Å². The second-order valence-electron chi connectivity index (χ2n) is 6.46. The monoisotopic (exact) mass is 379 g/mol. The van der Waals surface area contributed by atoms with Gasteiger partial charge in [-0.25, -0.2) is 18.4 Å². The van der Waals surface area contributed by atoms with Crippen LogP contribution in [-0.4, -0.2) is 43.5 Å². The summed E-state index contributed by atoms with van der Waals surface area (Å²) in [5.74, 6) is 0.929. The molecular formula is C17H21N3O3S2. The summed E-state index contributed by atoms with van der Waals surface area (Å²) >= 11 is 1.47. The van der Waals surface area contributed by atoms with Crippen molar-refractivity contribution in [2.24, 2.45) is 5.92 Å². The zero-order chi connectivity index (χ0) is 18.2. The maximum atomic E-state index is 12.8. The molecule has 3 rings (SSSR count). The van der Waals surface area contributed by atoms with Crippen molar-refractivity contribution in [1.82, 2.24) is 9.97 Å². The van der Waals surface area contributed by atoms with E-state index >= 15 is 0 Å². The van der Waals surface area contributed by atoms with Crippen LogP contribution in [0.15, 0.2) is 22.5 Å². The van der Waals surface area contributed by atoms with Crippen molar-refractivity contribution in [3.8, 4) is 0 Å². The maximum absolute atomic E-state index is 12.8. The summed E-state index contributed by atoms with van der Waals surface area (Å²) in [6.45, 7) is 4.85. The van der Waals surface area contributed by atoms with E-state index in [1.807, 2.05) is 23.3 Å². The van der Waals surface area contributed by atoms with Crippen LogP contribution >= 0.6 is 11.3 Å². The summed E-state index contributed by atoms with van der Waals surface area (Å²) < 4.78 is 24.2. The average molecular weight is 380 g/mol. The lowest BCUT2D eigenvalue weighted by Crippen LogP contribution is -2.40. The SMILES string of the molecule is Cc1ncc(S(C)(=O)=O)c(N2CCCC(C(=O)c3sccc3C)C2)n1. The molecule has 0 N–H and O–H groups in total. The number of thiophene rings is 1. The van der Waals surface area contributed by atoms with E-state index < -0.39 is 9.84 Å². The number of rotatable bonds is 4. The molecule has 25 heavy (non-hydrogen) atoms. The summed E-state index contributed by atoms with van der Waals surface area (Å²) in [7, 11) is -3.44. The molecule has 0 spiro atoms. The Hall–Kier alpha value is -1.80. The number of aromatic nitrogens is 2. The fraction of sp³-hybridized carbons (Fsp3) is 0.471. The lowest BCUT2D eigenvalue weighted by atomic mass is 9.92. The van der Waals surface area contributed by atoms with E-state index in [0.29, 0.717) is 24.7 Å². The van der Waals surface area contributed by atoms with Crippen molar-refractivity contribution >= 4 is 32.8 Å². The zero-order valence-electron chi connectivity index (χ0n) is 14.5. The first-order valence-electron chi connectivity index (χ1n) is 8.14. The van der Waals surface area contributed by atoms with Crippen LogP contribution in [0.3, 0.4) is 0 Å². The van der Waals surface area contributed by atoms with Gasteiger partial charge in [-0.1, -0.05) is 0 Å². The number of hydrogen-bond acceptors (Lipinski definition) is 7. The fourth-order valence-electron chi connectivity index (χ4n) is 3.13. The van der Waals surface area contributed by atoms with E-state index in [1.54, 1.807) is 6.92 Å². The van der Waals surface area contributed by atoms with E-state index in [4.69, 9.17) is 0 Å². The quantitative estimate of drug-likeness (QED) is 0.760. The number of carbonyl (C=O) groups is 1. The Labute approximate surface area is 151 Å². The normalized spacial score (nSPS) is 18.4. The molecule has 2 aromatic heterocycles. The van der Waals surface area contributed by atoms with Gasteiger partial charge in [0.05, 0.1) is 11.1 Å². The summed E-state index contributed by atoms with van der Waals surface area (Å²) in [4.78, 5) is 24.1. The number of aryl methyl sites for hydroxylation is 2. The smallest absolute Gasteiger partial charge is 0.180 e. The van der Waals surface area contributed by atoms with Gasteiger partial charge in [-0.15, -0.1) is 11.3 Å². The third-order valence-corrected chi connectivity index (χ3v) is 6.55. The Kier molecular flexibility index (Phi) is 4.92. The molecular weight excluding hydrogens is 358 g/mol. The van der Waals surface area contributed by atoms with Gasteiger partial charge in [-0.2, -0.15) is 0 Å². The van der Waals surface area contributed by atoms with Crippen LogP contribution in [0.5, 0.6) is 0 Å². The Morgan fingerprint density at radius 1 is 1.36 bits per heavy atom. The Balaban J connectivity index is 1.91. The third kappa shape index (κ3) is 3.74. The molecule has 1 saturated heterocycles. The number of carbonyl (C=O) groups excluding carboxylic acids is 1. The summed E-state index contributed by atoms with van der Waals surface area (Å²) in [6, 6.07) is 1.95. The number of hydrogen-bond donors (Lipinski definition) is 0. The largest absolute Gasteiger partial charge is 0.355 e. The van der Waals surface area contributed by atoms with Crippen LogP contribution in [0.2, 0.25) is 0 Å². The molecule has 2 aromatic rings. The number of anilines is 1. The van der Waals surface area contributed by atoms with Crippen molar-refractivity contribution in [3.63, 3.8) is 0 Å². The van der Waals surface area contributed by atoms with Gasteiger partial charge in [-0.05, 0) is 43.7 Å². The predicted octanol–water partition coefficient (Wildman–Crippen LogP) is 2.66. The van der Waals surface area contributed by atoms with E-state index in [-0.39, 0.29) is 16.6 Å². The van der Waals surface area contributed by atoms with Crippen molar-refractivity contribution in [3.05, 3.63) is 33.9 Å². The van der Waals surface area contributed by atoms with Gasteiger partial charge in [0.1, 0.15) is 10.7 Å². The Morgan fingerprint density at radius 2 is 2.12 bits per heavy atom. The molecule has 0 saturated carbocycles. The molecule has 0 radical (unpaired) electrons. The van der Waals surface area contributed by atoms with Crippen molar-refractivity contribution in [2.75, 3.05) is 24.2 Å². The number of ketones is 1. The molecule has 0 amide bonds. The zero-order valence-corrected chi connectivity index (χ0v) is 16.2. The summed E-state index contributed by atoms with van der Waals surface area (Å²) in [5.41, 5.74) is 1.00. The lowest BCUT2D eigenvalue weighted by molar-refractivity contribution is 0.0910. The first kappa shape index (κ1) is 18.0. The van der Waals surface area contributed by atoms with Crippen LogP contribution in [0.4, 0.5) is 5.82 Å². The van der Waals surface area contributed by atoms with Crippen molar-refractivity contribution in [2.45, 2.75) is 31.6 Å². The molecule has 0 bridgehead atoms. The second kappa shape index (κ2) is 6.84. The molecule has 1 unspecified atom stereocenters. The van der Waals surface area contributed by atoms with E-state index in [1.165, 1.54) is 17.5 Å². The highest BCUT2D eigenvalue weighted by atomic mass is 32.2. The number of sulfone groups is 1.